The van der Waals surface area contributed by atoms with Crippen molar-refractivity contribution in [2.24, 2.45) is 0 Å². The second-order valence-electron chi connectivity index (χ2n) is 4.57. The van der Waals surface area contributed by atoms with E-state index in [9.17, 15) is 23.1 Å². The number of nitrogens with one attached hydrogen (secondary N) is 1. The molecule has 21 heavy (non-hydrogen) atoms. The third-order valence-electron chi connectivity index (χ3n) is 2.79. The van der Waals surface area contributed by atoms with Gasteiger partial charge in [0.1, 0.15) is 0 Å². The molecule has 0 aliphatic heterocycles. The third kappa shape index (κ3) is 5.63. The van der Waals surface area contributed by atoms with Gasteiger partial charge < -0.3 is 15.2 Å². The molecule has 2 N–H and O–H groups in total. The minimum atomic E-state index is -4.43. The Morgan fingerprint density at radius 2 is 2.10 bits per heavy atom. The van der Waals surface area contributed by atoms with Crippen LogP contribution in [0.3, 0.4) is 0 Å². The molecule has 1 atom stereocenters. The largest absolute Gasteiger partial charge is 0.466 e. The van der Waals surface area contributed by atoms with Gasteiger partial charge in [-0.2, -0.15) is 13.2 Å². The summed E-state index contributed by atoms with van der Waals surface area (Å²) in [6, 6.07) is 3.82. The highest BCUT2D eigenvalue weighted by Gasteiger charge is 2.32. The van der Waals surface area contributed by atoms with E-state index >= 15 is 0 Å². The first kappa shape index (κ1) is 17.3. The lowest BCUT2D eigenvalue weighted by Gasteiger charge is -2.15. The van der Waals surface area contributed by atoms with Gasteiger partial charge >= 0.3 is 12.1 Å². The summed E-state index contributed by atoms with van der Waals surface area (Å²) in [4.78, 5) is 11.1. The maximum Gasteiger partial charge on any atom is 0.416 e. The minimum absolute atomic E-state index is 0.0425. The Bertz CT molecular complexity index is 489. The van der Waals surface area contributed by atoms with E-state index < -0.39 is 23.8 Å². The summed E-state index contributed by atoms with van der Waals surface area (Å²) in [5.74, 6) is -0.549. The first-order chi connectivity index (χ1) is 9.74. The van der Waals surface area contributed by atoms with Crippen molar-refractivity contribution in [1.29, 1.82) is 0 Å². The van der Waals surface area contributed by atoms with E-state index in [2.05, 4.69) is 10.1 Å². The number of esters is 1. The predicted octanol–water partition coefficient (Wildman–Crippen LogP) is 2.74. The minimum Gasteiger partial charge on any atom is -0.466 e. The highest BCUT2D eigenvalue weighted by Crippen LogP contribution is 2.33. The van der Waals surface area contributed by atoms with Crippen LogP contribution >= 0.6 is 0 Å². The Balaban J connectivity index is 2.62. The zero-order valence-corrected chi connectivity index (χ0v) is 11.8. The van der Waals surface area contributed by atoms with Crippen molar-refractivity contribution in [3.05, 3.63) is 29.3 Å². The summed E-state index contributed by atoms with van der Waals surface area (Å²) in [6.07, 6.45) is -5.66. The number of aliphatic hydroxyl groups excluding tert-OH is 1. The summed E-state index contributed by atoms with van der Waals surface area (Å²) in [5.41, 5.74) is -0.372. The van der Waals surface area contributed by atoms with Crippen molar-refractivity contribution < 1.29 is 27.8 Å². The van der Waals surface area contributed by atoms with Crippen LogP contribution in [0.4, 0.5) is 18.9 Å². The van der Waals surface area contributed by atoms with Gasteiger partial charge in [0.05, 0.1) is 24.7 Å². The number of hydrogen-bond acceptors (Lipinski definition) is 4. The number of anilines is 1. The van der Waals surface area contributed by atoms with Gasteiger partial charge in [0.2, 0.25) is 0 Å². The highest BCUT2D eigenvalue weighted by atomic mass is 19.4. The van der Waals surface area contributed by atoms with Crippen LogP contribution in [-0.4, -0.2) is 30.3 Å². The molecule has 1 aromatic carbocycles. The summed E-state index contributed by atoms with van der Waals surface area (Å²) < 4.78 is 42.9. The summed E-state index contributed by atoms with van der Waals surface area (Å²) >= 11 is 0. The van der Waals surface area contributed by atoms with Crippen LogP contribution in [0.15, 0.2) is 18.2 Å². The Morgan fingerprint density at radius 3 is 2.67 bits per heavy atom. The number of aliphatic hydroxyl groups is 1. The lowest BCUT2D eigenvalue weighted by atomic mass is 10.1. The van der Waals surface area contributed by atoms with Gasteiger partial charge in [0.25, 0.3) is 0 Å². The monoisotopic (exact) mass is 305 g/mol. The molecule has 0 radical (unpaired) electrons. The van der Waals surface area contributed by atoms with Crippen molar-refractivity contribution in [2.75, 3.05) is 18.5 Å². The number of halogens is 3. The fourth-order valence-corrected chi connectivity index (χ4v) is 1.76. The van der Waals surface area contributed by atoms with Crippen LogP contribution in [-0.2, 0) is 15.7 Å². The van der Waals surface area contributed by atoms with Gasteiger partial charge in [-0.1, -0.05) is 6.07 Å². The lowest BCUT2D eigenvalue weighted by Crippen LogP contribution is -2.24. The normalized spacial score (nSPS) is 12.9. The van der Waals surface area contributed by atoms with Gasteiger partial charge in [-0.15, -0.1) is 0 Å². The molecule has 1 rings (SSSR count). The van der Waals surface area contributed by atoms with Gasteiger partial charge in [-0.05, 0) is 31.5 Å². The van der Waals surface area contributed by atoms with Crippen molar-refractivity contribution >= 4 is 11.7 Å². The Kier molecular flexibility index (Phi) is 6.02. The van der Waals surface area contributed by atoms with Crippen LogP contribution in [0, 0.1) is 6.92 Å². The summed E-state index contributed by atoms with van der Waals surface area (Å²) in [5, 5.41) is 12.3. The van der Waals surface area contributed by atoms with Crippen LogP contribution in [0.5, 0.6) is 0 Å². The number of carbonyl (C=O) groups excluding carboxylic acids is 1. The molecule has 0 fully saturated rings. The molecule has 0 amide bonds. The first-order valence-electron chi connectivity index (χ1n) is 6.49. The Labute approximate surface area is 120 Å². The molecule has 0 spiro atoms. The van der Waals surface area contributed by atoms with E-state index in [1.165, 1.54) is 19.1 Å². The van der Waals surface area contributed by atoms with Gasteiger partial charge in [0, 0.05) is 12.2 Å². The molecule has 7 heteroatoms. The lowest BCUT2D eigenvalue weighted by molar-refractivity contribution is -0.145. The zero-order valence-electron chi connectivity index (χ0n) is 11.8. The number of rotatable bonds is 6. The van der Waals surface area contributed by atoms with E-state index in [0.29, 0.717) is 0 Å². The summed E-state index contributed by atoms with van der Waals surface area (Å²) in [7, 11) is 0. The van der Waals surface area contributed by atoms with Gasteiger partial charge in [-0.25, -0.2) is 0 Å². The quantitative estimate of drug-likeness (QED) is 0.794. The molecule has 0 heterocycles. The second kappa shape index (κ2) is 7.31. The first-order valence-corrected chi connectivity index (χ1v) is 6.49. The maximum absolute atomic E-state index is 12.7. The molecule has 4 nitrogen and oxygen atoms in total. The van der Waals surface area contributed by atoms with E-state index in [-0.39, 0.29) is 30.8 Å². The van der Waals surface area contributed by atoms with Crippen molar-refractivity contribution in [3.63, 3.8) is 0 Å². The Hall–Kier alpha value is -1.76. The SMILES string of the molecule is CCOC(=O)CC(O)CNc1ccc(C)c(C(F)(F)F)c1. The third-order valence-corrected chi connectivity index (χ3v) is 2.79. The molecule has 0 saturated carbocycles. The number of hydrogen-bond donors (Lipinski definition) is 2. The fraction of sp³-hybridized carbons (Fsp3) is 0.500. The Morgan fingerprint density at radius 1 is 1.43 bits per heavy atom. The van der Waals surface area contributed by atoms with E-state index in [1.54, 1.807) is 6.92 Å². The van der Waals surface area contributed by atoms with Crippen LogP contribution in [0.25, 0.3) is 0 Å². The number of ether oxygens (including phenoxy) is 1. The molecule has 0 aliphatic rings. The number of carbonyl (C=O) groups is 1. The number of aryl methyl sites for hydroxylation is 1. The molecule has 0 bridgehead atoms. The molecule has 0 aromatic heterocycles. The average Bonchev–Trinajstić information content (AvgIpc) is 2.36. The van der Waals surface area contributed by atoms with Crippen LogP contribution in [0.1, 0.15) is 24.5 Å². The molecular weight excluding hydrogens is 287 g/mol. The molecule has 0 aliphatic carbocycles. The topological polar surface area (TPSA) is 58.6 Å². The van der Waals surface area contributed by atoms with Gasteiger partial charge in [-0.3, -0.25) is 4.79 Å². The molecule has 1 aromatic rings. The predicted molar refractivity (Wildman–Crippen MR) is 71.9 cm³/mol. The fourth-order valence-electron chi connectivity index (χ4n) is 1.76. The zero-order chi connectivity index (χ0) is 16.0. The smallest absolute Gasteiger partial charge is 0.416 e. The number of benzene rings is 1. The van der Waals surface area contributed by atoms with Crippen LogP contribution < -0.4 is 5.32 Å². The van der Waals surface area contributed by atoms with E-state index in [0.717, 1.165) is 6.07 Å². The highest BCUT2D eigenvalue weighted by molar-refractivity contribution is 5.70. The van der Waals surface area contributed by atoms with E-state index in [1.807, 2.05) is 0 Å². The van der Waals surface area contributed by atoms with Crippen molar-refractivity contribution in [1.82, 2.24) is 0 Å². The molecule has 118 valence electrons. The molecular formula is C14H18F3NO3. The number of alkyl halides is 3. The second-order valence-corrected chi connectivity index (χ2v) is 4.57. The maximum atomic E-state index is 12.7. The van der Waals surface area contributed by atoms with Crippen molar-refractivity contribution in [3.8, 4) is 0 Å². The van der Waals surface area contributed by atoms with E-state index in [4.69, 9.17) is 0 Å². The summed E-state index contributed by atoms with van der Waals surface area (Å²) in [6.45, 7) is 3.20. The van der Waals surface area contributed by atoms with Gasteiger partial charge in [0.15, 0.2) is 0 Å². The molecule has 0 saturated heterocycles. The van der Waals surface area contributed by atoms with Crippen molar-refractivity contribution in [2.45, 2.75) is 32.5 Å². The standard InChI is InChI=1S/C14H18F3NO3/c1-3-21-13(20)7-11(19)8-18-10-5-4-9(2)12(6-10)14(15,16)17/h4-6,11,18-19H,3,7-8H2,1-2H3. The van der Waals surface area contributed by atoms with Crippen LogP contribution in [0.2, 0.25) is 0 Å². The average molecular weight is 305 g/mol. The molecule has 1 unspecified atom stereocenters.